The Labute approximate surface area is 197 Å². The lowest BCUT2D eigenvalue weighted by molar-refractivity contribution is 0.0775. The highest BCUT2D eigenvalue weighted by Crippen LogP contribution is 2.37. The summed E-state index contributed by atoms with van der Waals surface area (Å²) in [7, 11) is 0. The molecule has 0 N–H and O–H groups in total. The van der Waals surface area contributed by atoms with Gasteiger partial charge in [-0.05, 0) is 77.9 Å². The maximum atomic E-state index is 14.3. The highest BCUT2D eigenvalue weighted by molar-refractivity contribution is 7.08. The van der Waals surface area contributed by atoms with Gasteiger partial charge in [0.1, 0.15) is 0 Å². The van der Waals surface area contributed by atoms with Crippen molar-refractivity contribution in [1.82, 2.24) is 9.80 Å². The SMILES string of the molecule is O=C(c1cccc(F)c1F)N1CC(CN2CCC(c3ccccc3)CC2)C(c2ccsc2)C1. The third kappa shape index (κ3) is 4.73. The van der Waals surface area contributed by atoms with Gasteiger partial charge >= 0.3 is 0 Å². The minimum absolute atomic E-state index is 0.177. The van der Waals surface area contributed by atoms with Crippen LogP contribution in [0.4, 0.5) is 8.78 Å². The van der Waals surface area contributed by atoms with E-state index >= 15 is 0 Å². The Morgan fingerprint density at radius 1 is 0.939 bits per heavy atom. The molecule has 0 radical (unpaired) electrons. The average molecular weight is 467 g/mol. The van der Waals surface area contributed by atoms with Crippen LogP contribution in [0, 0.1) is 17.6 Å². The van der Waals surface area contributed by atoms with Crippen molar-refractivity contribution >= 4 is 17.2 Å². The molecule has 2 aliphatic heterocycles. The van der Waals surface area contributed by atoms with Crippen molar-refractivity contribution in [2.24, 2.45) is 5.92 Å². The molecule has 3 nitrogen and oxygen atoms in total. The van der Waals surface area contributed by atoms with Crippen LogP contribution in [0.1, 0.15) is 46.2 Å². The van der Waals surface area contributed by atoms with E-state index in [1.807, 2.05) is 0 Å². The number of carbonyl (C=O) groups is 1. The molecule has 0 bridgehead atoms. The molecule has 0 saturated carbocycles. The van der Waals surface area contributed by atoms with Crippen LogP contribution in [0.2, 0.25) is 0 Å². The number of hydrogen-bond acceptors (Lipinski definition) is 3. The van der Waals surface area contributed by atoms with Crippen LogP contribution in [-0.2, 0) is 0 Å². The van der Waals surface area contributed by atoms with Crippen molar-refractivity contribution in [3.8, 4) is 0 Å². The van der Waals surface area contributed by atoms with Crippen LogP contribution >= 0.6 is 11.3 Å². The van der Waals surface area contributed by atoms with E-state index in [-0.39, 0.29) is 17.4 Å². The molecule has 172 valence electrons. The van der Waals surface area contributed by atoms with Gasteiger partial charge in [-0.15, -0.1) is 0 Å². The van der Waals surface area contributed by atoms with Crippen LogP contribution in [0.3, 0.4) is 0 Å². The van der Waals surface area contributed by atoms with Crippen LogP contribution in [0.15, 0.2) is 65.4 Å². The number of amides is 1. The Kier molecular flexibility index (Phi) is 6.56. The maximum Gasteiger partial charge on any atom is 0.256 e. The van der Waals surface area contributed by atoms with Gasteiger partial charge in [0.25, 0.3) is 5.91 Å². The van der Waals surface area contributed by atoms with Crippen molar-refractivity contribution in [3.05, 3.63) is 93.7 Å². The third-order valence-corrected chi connectivity index (χ3v) is 7.93. The van der Waals surface area contributed by atoms with Gasteiger partial charge in [0, 0.05) is 25.6 Å². The summed E-state index contributed by atoms with van der Waals surface area (Å²) < 4.78 is 28.0. The lowest BCUT2D eigenvalue weighted by atomic mass is 9.87. The van der Waals surface area contributed by atoms with Gasteiger partial charge in [-0.2, -0.15) is 11.3 Å². The van der Waals surface area contributed by atoms with E-state index < -0.39 is 17.5 Å². The minimum atomic E-state index is -1.05. The fraction of sp³-hybridized carbons (Fsp3) is 0.370. The van der Waals surface area contributed by atoms with E-state index in [9.17, 15) is 13.6 Å². The Hall–Kier alpha value is -2.57. The van der Waals surface area contributed by atoms with Gasteiger partial charge in [-0.3, -0.25) is 4.79 Å². The molecule has 0 aliphatic carbocycles. The van der Waals surface area contributed by atoms with Gasteiger partial charge in [-0.25, -0.2) is 8.78 Å². The standard InChI is InChI=1S/C27H28F2N2OS/c28-25-8-4-7-23(26(25)29)27(32)31-16-22(24(17-31)21-11-14-33-18-21)15-30-12-9-20(10-13-30)19-5-2-1-3-6-19/h1-8,11,14,18,20,22,24H,9-10,12-13,15-17H2. The minimum Gasteiger partial charge on any atom is -0.338 e. The molecular weight excluding hydrogens is 438 g/mol. The van der Waals surface area contributed by atoms with E-state index in [4.69, 9.17) is 0 Å². The summed E-state index contributed by atoms with van der Waals surface area (Å²) in [5, 5.41) is 4.21. The van der Waals surface area contributed by atoms with Gasteiger partial charge in [-0.1, -0.05) is 36.4 Å². The highest BCUT2D eigenvalue weighted by Gasteiger charge is 2.38. The number of rotatable bonds is 5. The Balaban J connectivity index is 1.28. The van der Waals surface area contributed by atoms with E-state index in [1.165, 1.54) is 23.3 Å². The van der Waals surface area contributed by atoms with Crippen molar-refractivity contribution < 1.29 is 13.6 Å². The molecule has 5 rings (SSSR count). The molecule has 2 unspecified atom stereocenters. The molecular formula is C27H28F2N2OS. The molecule has 6 heteroatoms. The first-order valence-electron chi connectivity index (χ1n) is 11.6. The molecule has 2 fully saturated rings. The van der Waals surface area contributed by atoms with E-state index in [2.05, 4.69) is 52.1 Å². The lowest BCUT2D eigenvalue weighted by Gasteiger charge is -2.34. The largest absolute Gasteiger partial charge is 0.338 e. The number of hydrogen-bond donors (Lipinski definition) is 0. The summed E-state index contributed by atoms with van der Waals surface area (Å²) in [4.78, 5) is 17.3. The van der Waals surface area contributed by atoms with Crippen molar-refractivity contribution in [1.29, 1.82) is 0 Å². The number of likely N-dealkylation sites (tertiary alicyclic amines) is 2. The predicted octanol–water partition coefficient (Wildman–Crippen LogP) is 5.76. The molecule has 1 aromatic heterocycles. The van der Waals surface area contributed by atoms with Crippen molar-refractivity contribution in [2.45, 2.75) is 24.7 Å². The van der Waals surface area contributed by atoms with E-state index in [0.29, 0.717) is 19.0 Å². The zero-order valence-electron chi connectivity index (χ0n) is 18.5. The number of piperidine rings is 1. The molecule has 0 spiro atoms. The first-order valence-corrected chi connectivity index (χ1v) is 12.6. The van der Waals surface area contributed by atoms with Crippen LogP contribution in [0.25, 0.3) is 0 Å². The monoisotopic (exact) mass is 466 g/mol. The van der Waals surface area contributed by atoms with E-state index in [1.54, 1.807) is 16.2 Å². The Morgan fingerprint density at radius 2 is 1.73 bits per heavy atom. The topological polar surface area (TPSA) is 23.6 Å². The molecule has 1 amide bonds. The van der Waals surface area contributed by atoms with Gasteiger partial charge in [0.2, 0.25) is 0 Å². The number of benzene rings is 2. The number of carbonyl (C=O) groups excluding carboxylic acids is 1. The summed E-state index contributed by atoms with van der Waals surface area (Å²) in [6, 6.07) is 16.7. The molecule has 2 atom stereocenters. The molecule has 33 heavy (non-hydrogen) atoms. The highest BCUT2D eigenvalue weighted by atomic mass is 32.1. The predicted molar refractivity (Wildman–Crippen MR) is 128 cm³/mol. The lowest BCUT2D eigenvalue weighted by Crippen LogP contribution is -2.38. The number of thiophene rings is 1. The molecule has 3 heterocycles. The fourth-order valence-corrected chi connectivity index (χ4v) is 6.16. The number of halogens is 2. The van der Waals surface area contributed by atoms with Crippen LogP contribution < -0.4 is 0 Å². The fourth-order valence-electron chi connectivity index (χ4n) is 5.43. The van der Waals surface area contributed by atoms with E-state index in [0.717, 1.165) is 38.5 Å². The zero-order chi connectivity index (χ0) is 22.8. The molecule has 3 aromatic rings. The van der Waals surface area contributed by atoms with Crippen LogP contribution in [-0.4, -0.2) is 48.4 Å². The first-order chi connectivity index (χ1) is 16.1. The molecule has 2 saturated heterocycles. The smallest absolute Gasteiger partial charge is 0.256 e. The molecule has 2 aromatic carbocycles. The first kappa shape index (κ1) is 22.2. The summed E-state index contributed by atoms with van der Waals surface area (Å²) in [6.07, 6.45) is 2.27. The van der Waals surface area contributed by atoms with Gasteiger partial charge < -0.3 is 9.80 Å². The molecule has 2 aliphatic rings. The summed E-state index contributed by atoms with van der Waals surface area (Å²) in [5.41, 5.74) is 2.48. The van der Waals surface area contributed by atoms with Crippen molar-refractivity contribution in [3.63, 3.8) is 0 Å². The van der Waals surface area contributed by atoms with Gasteiger partial charge in [0.05, 0.1) is 5.56 Å². The average Bonchev–Trinajstić information content (AvgIpc) is 3.52. The van der Waals surface area contributed by atoms with Crippen LogP contribution in [0.5, 0.6) is 0 Å². The zero-order valence-corrected chi connectivity index (χ0v) is 19.3. The second-order valence-corrected chi connectivity index (χ2v) is 10.0. The quantitative estimate of drug-likeness (QED) is 0.477. The second-order valence-electron chi connectivity index (χ2n) is 9.22. The summed E-state index contributed by atoms with van der Waals surface area (Å²) in [5.74, 6) is -1.37. The summed E-state index contributed by atoms with van der Waals surface area (Å²) >= 11 is 1.66. The maximum absolute atomic E-state index is 14.3. The second kappa shape index (κ2) is 9.74. The van der Waals surface area contributed by atoms with Gasteiger partial charge in [0.15, 0.2) is 11.6 Å². The third-order valence-electron chi connectivity index (χ3n) is 7.23. The normalized spacial score (nSPS) is 22.1. The Morgan fingerprint density at radius 3 is 2.45 bits per heavy atom. The Bertz CT molecular complexity index is 1080. The summed E-state index contributed by atoms with van der Waals surface area (Å²) in [6.45, 7) is 4.10. The number of nitrogens with zero attached hydrogens (tertiary/aromatic N) is 2. The van der Waals surface area contributed by atoms with Crippen molar-refractivity contribution in [2.75, 3.05) is 32.7 Å².